The molecular weight excluding hydrogens is 326 g/mol. The Kier molecular flexibility index (Phi) is 6.27. The van der Waals surface area contributed by atoms with Gasteiger partial charge in [-0.3, -0.25) is 4.79 Å². The summed E-state index contributed by atoms with van der Waals surface area (Å²) in [5, 5.41) is 3.28. The van der Waals surface area contributed by atoms with Gasteiger partial charge in [-0.1, -0.05) is 29.8 Å². The van der Waals surface area contributed by atoms with Crippen LogP contribution in [0.5, 0.6) is 11.5 Å². The zero-order valence-electron chi connectivity index (χ0n) is 13.9. The molecule has 2 aromatic carbocycles. The lowest BCUT2D eigenvalue weighted by molar-refractivity contribution is -0.111. The molecule has 126 valence electrons. The fraction of sp³-hybridized carbons (Fsp3) is 0.211. The van der Waals surface area contributed by atoms with Gasteiger partial charge in [0.25, 0.3) is 0 Å². The Hall–Kier alpha value is -2.46. The van der Waals surface area contributed by atoms with Crippen LogP contribution in [-0.2, 0) is 4.79 Å². The van der Waals surface area contributed by atoms with Gasteiger partial charge in [-0.05, 0) is 49.2 Å². The predicted octanol–water partition coefficient (Wildman–Crippen LogP) is 4.71. The van der Waals surface area contributed by atoms with E-state index in [1.54, 1.807) is 25.3 Å². The number of carbonyl (C=O) groups is 1. The first-order chi connectivity index (χ1) is 11.5. The van der Waals surface area contributed by atoms with Crippen molar-refractivity contribution >= 4 is 29.3 Å². The minimum absolute atomic E-state index is 0.215. The number of carbonyl (C=O) groups excluding carboxylic acids is 1. The van der Waals surface area contributed by atoms with Crippen molar-refractivity contribution in [1.29, 1.82) is 0 Å². The van der Waals surface area contributed by atoms with Crippen LogP contribution in [0.4, 0.5) is 5.69 Å². The fourth-order valence-electron chi connectivity index (χ4n) is 2.18. The van der Waals surface area contributed by atoms with E-state index in [9.17, 15) is 4.79 Å². The molecular formula is C19H20ClNO3. The van der Waals surface area contributed by atoms with Crippen molar-refractivity contribution in [2.75, 3.05) is 19.0 Å². The summed E-state index contributed by atoms with van der Waals surface area (Å²) in [5.41, 5.74) is 2.54. The van der Waals surface area contributed by atoms with Gasteiger partial charge in [-0.15, -0.1) is 0 Å². The van der Waals surface area contributed by atoms with Crippen molar-refractivity contribution in [2.45, 2.75) is 13.8 Å². The van der Waals surface area contributed by atoms with Gasteiger partial charge in [0.2, 0.25) is 5.91 Å². The number of aryl methyl sites for hydroxylation is 1. The lowest BCUT2D eigenvalue weighted by atomic mass is 10.1. The number of amides is 1. The molecule has 0 fully saturated rings. The van der Waals surface area contributed by atoms with Crippen LogP contribution in [0.3, 0.4) is 0 Å². The van der Waals surface area contributed by atoms with Crippen LogP contribution in [0.25, 0.3) is 6.08 Å². The van der Waals surface area contributed by atoms with Gasteiger partial charge in [0.05, 0.1) is 18.7 Å². The van der Waals surface area contributed by atoms with Crippen molar-refractivity contribution in [3.05, 3.63) is 58.6 Å². The van der Waals surface area contributed by atoms with E-state index in [1.807, 2.05) is 38.1 Å². The Morgan fingerprint density at radius 1 is 1.29 bits per heavy atom. The first-order valence-corrected chi connectivity index (χ1v) is 7.98. The van der Waals surface area contributed by atoms with E-state index in [0.29, 0.717) is 23.1 Å². The van der Waals surface area contributed by atoms with Gasteiger partial charge in [-0.25, -0.2) is 0 Å². The SMILES string of the molecule is CCOc1c(Cl)cc(/C=C/C(=O)Nc2ccccc2C)cc1OC. The number of benzene rings is 2. The number of halogens is 1. The third kappa shape index (κ3) is 4.52. The van der Waals surface area contributed by atoms with E-state index in [-0.39, 0.29) is 5.91 Å². The average molecular weight is 346 g/mol. The van der Waals surface area contributed by atoms with E-state index in [2.05, 4.69) is 5.32 Å². The lowest BCUT2D eigenvalue weighted by Crippen LogP contribution is -2.08. The van der Waals surface area contributed by atoms with Crippen LogP contribution in [0.15, 0.2) is 42.5 Å². The van der Waals surface area contributed by atoms with E-state index in [4.69, 9.17) is 21.1 Å². The average Bonchev–Trinajstić information content (AvgIpc) is 2.57. The Morgan fingerprint density at radius 2 is 2.04 bits per heavy atom. The predicted molar refractivity (Wildman–Crippen MR) is 98.0 cm³/mol. The second kappa shape index (κ2) is 8.41. The van der Waals surface area contributed by atoms with E-state index in [0.717, 1.165) is 16.8 Å². The largest absolute Gasteiger partial charge is 0.493 e. The molecule has 0 unspecified atom stereocenters. The van der Waals surface area contributed by atoms with Crippen LogP contribution in [0.1, 0.15) is 18.1 Å². The summed E-state index contributed by atoms with van der Waals surface area (Å²) in [5.74, 6) is 0.819. The van der Waals surface area contributed by atoms with Gasteiger partial charge in [-0.2, -0.15) is 0 Å². The molecule has 2 aromatic rings. The summed E-state index contributed by atoms with van der Waals surface area (Å²) < 4.78 is 10.8. The number of rotatable bonds is 6. The maximum Gasteiger partial charge on any atom is 0.248 e. The normalized spacial score (nSPS) is 10.7. The number of ether oxygens (including phenoxy) is 2. The summed E-state index contributed by atoms with van der Waals surface area (Å²) >= 11 is 6.22. The number of para-hydroxylation sites is 1. The first kappa shape index (κ1) is 17.9. The number of hydrogen-bond acceptors (Lipinski definition) is 3. The van der Waals surface area contributed by atoms with E-state index < -0.39 is 0 Å². The second-order valence-electron chi connectivity index (χ2n) is 5.10. The molecule has 2 rings (SSSR count). The summed E-state index contributed by atoms with van der Waals surface area (Å²) in [7, 11) is 1.55. The highest BCUT2D eigenvalue weighted by atomic mass is 35.5. The van der Waals surface area contributed by atoms with Gasteiger partial charge in [0.15, 0.2) is 11.5 Å². The minimum atomic E-state index is -0.215. The standard InChI is InChI=1S/C19H20ClNO3/c1-4-24-19-15(20)11-14(12-17(19)23-3)9-10-18(22)21-16-8-6-5-7-13(16)2/h5-12H,4H2,1-3H3,(H,21,22)/b10-9+. The van der Waals surface area contributed by atoms with Crippen molar-refractivity contribution in [3.63, 3.8) is 0 Å². The molecule has 0 heterocycles. The second-order valence-corrected chi connectivity index (χ2v) is 5.51. The van der Waals surface area contributed by atoms with Crippen molar-refractivity contribution in [1.82, 2.24) is 0 Å². The molecule has 4 nitrogen and oxygen atoms in total. The van der Waals surface area contributed by atoms with Crippen LogP contribution in [0, 0.1) is 6.92 Å². The van der Waals surface area contributed by atoms with Crippen molar-refractivity contribution < 1.29 is 14.3 Å². The molecule has 0 radical (unpaired) electrons. The van der Waals surface area contributed by atoms with E-state index in [1.165, 1.54) is 6.08 Å². The van der Waals surface area contributed by atoms with E-state index >= 15 is 0 Å². The van der Waals surface area contributed by atoms with Crippen LogP contribution >= 0.6 is 11.6 Å². The summed E-state index contributed by atoms with van der Waals surface area (Å²) in [6.07, 6.45) is 3.13. The quantitative estimate of drug-likeness (QED) is 0.771. The molecule has 0 aromatic heterocycles. The minimum Gasteiger partial charge on any atom is -0.493 e. The third-order valence-corrected chi connectivity index (χ3v) is 3.65. The Morgan fingerprint density at radius 3 is 2.71 bits per heavy atom. The highest BCUT2D eigenvalue weighted by Gasteiger charge is 2.10. The van der Waals surface area contributed by atoms with Crippen molar-refractivity contribution in [2.24, 2.45) is 0 Å². The molecule has 0 aliphatic rings. The zero-order valence-corrected chi connectivity index (χ0v) is 14.7. The Balaban J connectivity index is 2.15. The molecule has 0 aliphatic carbocycles. The Bertz CT molecular complexity index is 756. The van der Waals surface area contributed by atoms with Gasteiger partial charge in [0, 0.05) is 11.8 Å². The molecule has 0 aliphatic heterocycles. The van der Waals surface area contributed by atoms with Crippen LogP contribution < -0.4 is 14.8 Å². The molecule has 1 amide bonds. The first-order valence-electron chi connectivity index (χ1n) is 7.60. The molecule has 24 heavy (non-hydrogen) atoms. The molecule has 0 saturated heterocycles. The third-order valence-electron chi connectivity index (χ3n) is 3.37. The molecule has 5 heteroatoms. The number of anilines is 1. The molecule has 0 atom stereocenters. The molecule has 1 N–H and O–H groups in total. The van der Waals surface area contributed by atoms with Gasteiger partial charge < -0.3 is 14.8 Å². The summed E-state index contributed by atoms with van der Waals surface area (Å²) in [4.78, 5) is 12.1. The van der Waals surface area contributed by atoms with Crippen LogP contribution in [-0.4, -0.2) is 19.6 Å². The number of hydrogen-bond donors (Lipinski definition) is 1. The fourth-order valence-corrected chi connectivity index (χ4v) is 2.45. The maximum atomic E-state index is 12.1. The maximum absolute atomic E-state index is 12.1. The lowest BCUT2D eigenvalue weighted by Gasteiger charge is -2.12. The summed E-state index contributed by atoms with van der Waals surface area (Å²) in [6, 6.07) is 11.1. The van der Waals surface area contributed by atoms with Crippen molar-refractivity contribution in [3.8, 4) is 11.5 Å². The van der Waals surface area contributed by atoms with Crippen LogP contribution in [0.2, 0.25) is 5.02 Å². The van der Waals surface area contributed by atoms with Gasteiger partial charge in [0.1, 0.15) is 0 Å². The number of methoxy groups -OCH3 is 1. The zero-order chi connectivity index (χ0) is 17.5. The highest BCUT2D eigenvalue weighted by molar-refractivity contribution is 6.32. The monoisotopic (exact) mass is 345 g/mol. The smallest absolute Gasteiger partial charge is 0.248 e. The molecule has 0 spiro atoms. The topological polar surface area (TPSA) is 47.6 Å². The molecule has 0 bridgehead atoms. The van der Waals surface area contributed by atoms with Gasteiger partial charge >= 0.3 is 0 Å². The summed E-state index contributed by atoms with van der Waals surface area (Å²) in [6.45, 7) is 4.31. The highest BCUT2D eigenvalue weighted by Crippen LogP contribution is 2.36. The Labute approximate surface area is 147 Å². The number of nitrogens with one attached hydrogen (secondary N) is 1. The molecule has 0 saturated carbocycles.